The van der Waals surface area contributed by atoms with Gasteiger partial charge in [-0.25, -0.2) is 9.78 Å². The molecule has 27 heavy (non-hydrogen) atoms. The fraction of sp³-hybridized carbons (Fsp3) is 0.136. The molecule has 1 heterocycles. The van der Waals surface area contributed by atoms with Gasteiger partial charge in [-0.2, -0.15) is 5.26 Å². The molecule has 0 aliphatic carbocycles. The Morgan fingerprint density at radius 3 is 2.78 bits per heavy atom. The zero-order valence-corrected chi connectivity index (χ0v) is 15.0. The van der Waals surface area contributed by atoms with Crippen molar-refractivity contribution in [3.63, 3.8) is 0 Å². The first-order valence-corrected chi connectivity index (χ1v) is 8.65. The van der Waals surface area contributed by atoms with Crippen LogP contribution in [-0.2, 0) is 16.1 Å². The van der Waals surface area contributed by atoms with Gasteiger partial charge >= 0.3 is 5.97 Å². The highest BCUT2D eigenvalue weighted by atomic mass is 16.5. The lowest BCUT2D eigenvalue weighted by atomic mass is 10.1. The van der Waals surface area contributed by atoms with E-state index in [0.29, 0.717) is 23.5 Å². The molecule has 5 nitrogen and oxygen atoms in total. The maximum absolute atomic E-state index is 12.6. The molecule has 0 saturated heterocycles. The van der Waals surface area contributed by atoms with E-state index >= 15 is 0 Å². The van der Waals surface area contributed by atoms with Gasteiger partial charge in [0, 0.05) is 18.9 Å². The first-order valence-electron chi connectivity index (χ1n) is 8.65. The highest BCUT2D eigenvalue weighted by Gasteiger charge is 2.19. The van der Waals surface area contributed by atoms with Crippen molar-refractivity contribution in [3.8, 4) is 6.07 Å². The van der Waals surface area contributed by atoms with Gasteiger partial charge in [-0.15, -0.1) is 0 Å². The van der Waals surface area contributed by atoms with E-state index in [1.54, 1.807) is 37.4 Å². The predicted octanol–water partition coefficient (Wildman–Crippen LogP) is 3.91. The van der Waals surface area contributed by atoms with Crippen LogP contribution >= 0.6 is 0 Å². The molecule has 0 aliphatic rings. The monoisotopic (exact) mass is 357 g/mol. The number of hydrogen-bond donors (Lipinski definition) is 0. The quantitative estimate of drug-likeness (QED) is 0.495. The highest BCUT2D eigenvalue weighted by molar-refractivity contribution is 6.20. The molecule has 0 amide bonds. The second kappa shape index (κ2) is 8.63. The number of imidazole rings is 1. The third-order valence-corrected chi connectivity index (χ3v) is 3.97. The maximum Gasteiger partial charge on any atom is 0.341 e. The van der Waals surface area contributed by atoms with Crippen LogP contribution in [0.4, 0.5) is 0 Å². The Labute approximate surface area is 158 Å². The highest BCUT2D eigenvalue weighted by Crippen LogP contribution is 2.20. The number of esters is 1. The van der Waals surface area contributed by atoms with Crippen LogP contribution in [0, 0.1) is 11.3 Å². The summed E-state index contributed by atoms with van der Waals surface area (Å²) in [5, 5.41) is 9.10. The predicted molar refractivity (Wildman–Crippen MR) is 103 cm³/mol. The second-order valence-corrected chi connectivity index (χ2v) is 5.88. The van der Waals surface area contributed by atoms with Crippen LogP contribution in [0.5, 0.6) is 0 Å². The molecule has 0 aliphatic heterocycles. The lowest BCUT2D eigenvalue weighted by molar-refractivity contribution is -0.136. The molecule has 1 aromatic heterocycles. The van der Waals surface area contributed by atoms with E-state index in [2.05, 4.69) is 11.1 Å². The number of nitriles is 1. The van der Waals surface area contributed by atoms with E-state index in [0.717, 1.165) is 11.1 Å². The summed E-state index contributed by atoms with van der Waals surface area (Å²) in [4.78, 5) is 17.0. The van der Waals surface area contributed by atoms with E-state index in [9.17, 15) is 4.79 Å². The van der Waals surface area contributed by atoms with Crippen LogP contribution < -0.4 is 0 Å². The van der Waals surface area contributed by atoms with E-state index in [-0.39, 0.29) is 6.61 Å². The van der Waals surface area contributed by atoms with E-state index in [1.165, 1.54) is 0 Å². The summed E-state index contributed by atoms with van der Waals surface area (Å²) in [5.74, 6) is 0.0834. The second-order valence-electron chi connectivity index (χ2n) is 5.88. The summed E-state index contributed by atoms with van der Waals surface area (Å²) in [6, 6.07) is 19.1. The molecule has 0 saturated carbocycles. The van der Waals surface area contributed by atoms with Crippen LogP contribution in [0.1, 0.15) is 29.4 Å². The number of hydrogen-bond acceptors (Lipinski definition) is 4. The van der Waals surface area contributed by atoms with E-state index in [1.807, 2.05) is 47.2 Å². The topological polar surface area (TPSA) is 67.9 Å². The van der Waals surface area contributed by atoms with Crippen LogP contribution in [-0.4, -0.2) is 22.1 Å². The Hall–Kier alpha value is -3.65. The van der Waals surface area contributed by atoms with Gasteiger partial charge in [0.25, 0.3) is 0 Å². The average Bonchev–Trinajstić information content (AvgIpc) is 3.15. The summed E-state index contributed by atoms with van der Waals surface area (Å²) in [6.45, 7) is 2.63. The van der Waals surface area contributed by atoms with Crippen molar-refractivity contribution in [1.82, 2.24) is 9.55 Å². The molecule has 0 fully saturated rings. The Bertz CT molecular complexity index is 998. The molecule has 2 aromatic carbocycles. The SMILES string of the molecule is CCOC(=O)/C(=C/c1cccc(C#N)c1)c1nccn1Cc1ccccc1. The van der Waals surface area contributed by atoms with Gasteiger partial charge in [0.1, 0.15) is 11.4 Å². The number of benzene rings is 2. The molecule has 134 valence electrons. The van der Waals surface area contributed by atoms with Crippen molar-refractivity contribution in [2.24, 2.45) is 0 Å². The standard InChI is InChI=1S/C22H19N3O2/c1-2-27-22(26)20(14-18-9-6-10-19(13-18)15-23)21-24-11-12-25(21)16-17-7-4-3-5-8-17/h3-14H,2,16H2,1H3/b20-14+. The first-order chi connectivity index (χ1) is 13.2. The normalized spacial score (nSPS) is 11.0. The number of nitrogens with zero attached hydrogens (tertiary/aromatic N) is 3. The van der Waals surface area contributed by atoms with Gasteiger partial charge in [-0.1, -0.05) is 42.5 Å². The number of rotatable bonds is 6. The molecule has 0 N–H and O–H groups in total. The first kappa shape index (κ1) is 18.2. The third kappa shape index (κ3) is 4.50. The summed E-state index contributed by atoms with van der Waals surface area (Å²) < 4.78 is 7.15. The van der Waals surface area contributed by atoms with Gasteiger partial charge in [0.05, 0.1) is 18.2 Å². The van der Waals surface area contributed by atoms with E-state index < -0.39 is 5.97 Å². The third-order valence-electron chi connectivity index (χ3n) is 3.97. The van der Waals surface area contributed by atoms with Gasteiger partial charge in [0.2, 0.25) is 0 Å². The number of carbonyl (C=O) groups excluding carboxylic acids is 1. The van der Waals surface area contributed by atoms with Crippen molar-refractivity contribution < 1.29 is 9.53 Å². The molecule has 0 radical (unpaired) electrons. The molecule has 3 rings (SSSR count). The summed E-state index contributed by atoms with van der Waals surface area (Å²) in [7, 11) is 0. The lowest BCUT2D eigenvalue weighted by Gasteiger charge is -2.11. The molecule has 0 spiro atoms. The van der Waals surface area contributed by atoms with Gasteiger partial charge in [-0.3, -0.25) is 0 Å². The molecule has 0 bridgehead atoms. The van der Waals surface area contributed by atoms with Gasteiger partial charge in [0.15, 0.2) is 0 Å². The fourth-order valence-corrected chi connectivity index (χ4v) is 2.75. The largest absolute Gasteiger partial charge is 0.462 e. The minimum Gasteiger partial charge on any atom is -0.462 e. The van der Waals surface area contributed by atoms with Crippen LogP contribution in [0.25, 0.3) is 11.6 Å². The summed E-state index contributed by atoms with van der Waals surface area (Å²) >= 11 is 0. The van der Waals surface area contributed by atoms with Crippen molar-refractivity contribution in [2.45, 2.75) is 13.5 Å². The smallest absolute Gasteiger partial charge is 0.341 e. The van der Waals surface area contributed by atoms with Crippen LogP contribution in [0.2, 0.25) is 0 Å². The van der Waals surface area contributed by atoms with Gasteiger partial charge in [-0.05, 0) is 36.3 Å². The van der Waals surface area contributed by atoms with Crippen LogP contribution in [0.3, 0.4) is 0 Å². The zero-order valence-electron chi connectivity index (χ0n) is 15.0. The number of aromatic nitrogens is 2. The molecule has 0 unspecified atom stereocenters. The number of ether oxygens (including phenoxy) is 1. The van der Waals surface area contributed by atoms with Gasteiger partial charge < -0.3 is 9.30 Å². The zero-order chi connectivity index (χ0) is 19.1. The Balaban J connectivity index is 2.02. The molecule has 3 aromatic rings. The van der Waals surface area contributed by atoms with Crippen molar-refractivity contribution in [1.29, 1.82) is 5.26 Å². The summed E-state index contributed by atoms with van der Waals surface area (Å²) in [6.07, 6.45) is 5.21. The minimum absolute atomic E-state index is 0.272. The summed E-state index contributed by atoms with van der Waals surface area (Å²) in [5.41, 5.74) is 2.73. The van der Waals surface area contributed by atoms with Crippen molar-refractivity contribution in [2.75, 3.05) is 6.61 Å². The van der Waals surface area contributed by atoms with Crippen molar-refractivity contribution in [3.05, 3.63) is 89.5 Å². The minimum atomic E-state index is -0.444. The van der Waals surface area contributed by atoms with Crippen molar-refractivity contribution >= 4 is 17.6 Å². The van der Waals surface area contributed by atoms with Crippen LogP contribution in [0.15, 0.2) is 67.0 Å². The average molecular weight is 357 g/mol. The maximum atomic E-state index is 12.6. The lowest BCUT2D eigenvalue weighted by Crippen LogP contribution is -2.12. The Morgan fingerprint density at radius 1 is 1.22 bits per heavy atom. The molecule has 5 heteroatoms. The molecular weight excluding hydrogens is 338 g/mol. The Morgan fingerprint density at radius 2 is 2.04 bits per heavy atom. The fourth-order valence-electron chi connectivity index (χ4n) is 2.75. The molecular formula is C22H19N3O2. The molecule has 0 atom stereocenters. The van der Waals surface area contributed by atoms with E-state index in [4.69, 9.17) is 10.00 Å². The Kier molecular flexibility index (Phi) is 5.80. The number of carbonyl (C=O) groups is 1.